The topological polar surface area (TPSA) is 63.3 Å². The van der Waals surface area contributed by atoms with Crippen molar-refractivity contribution in [2.45, 2.75) is 89.5 Å². The van der Waals surface area contributed by atoms with Crippen molar-refractivity contribution in [1.29, 1.82) is 0 Å². The molecule has 0 spiro atoms. The summed E-state index contributed by atoms with van der Waals surface area (Å²) in [4.78, 5) is 14.4. The number of ketones is 1. The van der Waals surface area contributed by atoms with Gasteiger partial charge in [0.25, 0.3) is 0 Å². The van der Waals surface area contributed by atoms with Crippen LogP contribution < -0.4 is 5.73 Å². The quantitative estimate of drug-likeness (QED) is 0.423. The number of thiophene rings is 1. The van der Waals surface area contributed by atoms with E-state index >= 15 is 0 Å². The molecule has 1 heterocycles. The average Bonchev–Trinajstić information content (AvgIpc) is 3.13. The fraction of sp³-hybridized carbons (Fsp3) is 0.762. The lowest BCUT2D eigenvalue weighted by Crippen LogP contribution is -2.43. The Morgan fingerprint density at radius 3 is 2.72 bits per heavy atom. The Labute approximate surface area is 157 Å². The van der Waals surface area contributed by atoms with Crippen LogP contribution in [0.2, 0.25) is 0 Å². The van der Waals surface area contributed by atoms with Crippen LogP contribution in [0.4, 0.5) is 0 Å². The summed E-state index contributed by atoms with van der Waals surface area (Å²) in [6, 6.07) is 4.01. The fourth-order valence-corrected chi connectivity index (χ4v) is 4.69. The molecule has 1 aromatic rings. The highest BCUT2D eigenvalue weighted by Gasteiger charge is 2.21. The summed E-state index contributed by atoms with van der Waals surface area (Å²) < 4.78 is 0. The number of aryl methyl sites for hydroxylation is 1. The van der Waals surface area contributed by atoms with E-state index in [0.29, 0.717) is 6.42 Å². The van der Waals surface area contributed by atoms with Gasteiger partial charge in [-0.05, 0) is 43.7 Å². The van der Waals surface area contributed by atoms with Crippen molar-refractivity contribution in [2.75, 3.05) is 6.61 Å². The van der Waals surface area contributed by atoms with E-state index in [0.717, 1.165) is 36.5 Å². The van der Waals surface area contributed by atoms with Gasteiger partial charge in [-0.25, -0.2) is 0 Å². The van der Waals surface area contributed by atoms with Crippen LogP contribution in [0.1, 0.15) is 92.1 Å². The van der Waals surface area contributed by atoms with Crippen LogP contribution in [0.15, 0.2) is 12.1 Å². The summed E-state index contributed by atoms with van der Waals surface area (Å²) in [5.74, 6) is 1.20. The molecule has 2 rings (SSSR count). The highest BCUT2D eigenvalue weighted by Crippen LogP contribution is 2.28. The first-order chi connectivity index (χ1) is 12.1. The van der Waals surface area contributed by atoms with Crippen molar-refractivity contribution in [1.82, 2.24) is 0 Å². The zero-order valence-corrected chi connectivity index (χ0v) is 16.6. The molecule has 0 aliphatic heterocycles. The van der Waals surface area contributed by atoms with Crippen LogP contribution in [-0.2, 0) is 6.42 Å². The number of rotatable bonds is 11. The monoisotopic (exact) mass is 365 g/mol. The number of hydrogen-bond acceptors (Lipinski definition) is 4. The van der Waals surface area contributed by atoms with Crippen LogP contribution in [-0.4, -0.2) is 23.0 Å². The molecule has 3 nitrogen and oxygen atoms in total. The van der Waals surface area contributed by atoms with Crippen molar-refractivity contribution >= 4 is 17.1 Å². The van der Waals surface area contributed by atoms with Gasteiger partial charge in [0, 0.05) is 16.8 Å². The van der Waals surface area contributed by atoms with Gasteiger partial charge in [0.05, 0.1) is 11.5 Å². The number of hydrogen-bond donors (Lipinski definition) is 2. The largest absolute Gasteiger partial charge is 0.394 e. The van der Waals surface area contributed by atoms with Crippen molar-refractivity contribution in [3.8, 4) is 0 Å². The van der Waals surface area contributed by atoms with E-state index in [4.69, 9.17) is 5.73 Å². The second-order valence-corrected chi connectivity index (χ2v) is 8.98. The molecule has 1 fully saturated rings. The van der Waals surface area contributed by atoms with Gasteiger partial charge in [0.1, 0.15) is 0 Å². The molecule has 0 saturated heterocycles. The van der Waals surface area contributed by atoms with Gasteiger partial charge >= 0.3 is 0 Å². The van der Waals surface area contributed by atoms with Gasteiger partial charge < -0.3 is 10.8 Å². The Hall–Kier alpha value is -0.710. The lowest BCUT2D eigenvalue weighted by molar-refractivity contribution is 0.0982. The van der Waals surface area contributed by atoms with Crippen molar-refractivity contribution < 1.29 is 9.90 Å². The molecular weight excluding hydrogens is 330 g/mol. The van der Waals surface area contributed by atoms with E-state index in [2.05, 4.69) is 0 Å². The predicted octanol–water partition coefficient (Wildman–Crippen LogP) is 5.10. The molecule has 0 bridgehead atoms. The molecule has 1 aliphatic carbocycles. The van der Waals surface area contributed by atoms with Gasteiger partial charge in [-0.3, -0.25) is 4.79 Å². The van der Waals surface area contributed by atoms with Gasteiger partial charge in [0.15, 0.2) is 5.78 Å². The van der Waals surface area contributed by atoms with E-state index in [1.54, 1.807) is 11.3 Å². The molecule has 1 saturated carbocycles. The van der Waals surface area contributed by atoms with Crippen LogP contribution in [0.3, 0.4) is 0 Å². The maximum absolute atomic E-state index is 12.4. The van der Waals surface area contributed by atoms with Crippen LogP contribution >= 0.6 is 11.3 Å². The first-order valence-electron chi connectivity index (χ1n) is 10.1. The molecule has 0 aromatic carbocycles. The van der Waals surface area contributed by atoms with Gasteiger partial charge in [-0.2, -0.15) is 0 Å². The second-order valence-electron chi connectivity index (χ2n) is 7.81. The Balaban J connectivity index is 1.68. The number of unbranched alkanes of at least 4 members (excludes halogenated alkanes) is 1. The van der Waals surface area contributed by atoms with E-state index in [1.165, 1.54) is 49.8 Å². The summed E-state index contributed by atoms with van der Waals surface area (Å²) in [5.41, 5.74) is 5.65. The molecule has 3 N–H and O–H groups in total. The summed E-state index contributed by atoms with van der Waals surface area (Å²) >= 11 is 1.60. The molecule has 142 valence electrons. The van der Waals surface area contributed by atoms with E-state index in [1.807, 2.05) is 19.1 Å². The zero-order valence-electron chi connectivity index (χ0n) is 15.8. The third-order valence-corrected chi connectivity index (χ3v) is 7.00. The zero-order chi connectivity index (χ0) is 18.1. The SMILES string of the molecule is CCC(N)(CO)CCc1ccc(C(=O)CCCCC2CCCCC2)s1. The highest BCUT2D eigenvalue weighted by molar-refractivity contribution is 7.14. The molecule has 1 atom stereocenters. The third kappa shape index (κ3) is 6.84. The summed E-state index contributed by atoms with van der Waals surface area (Å²) in [6.45, 7) is 2.02. The van der Waals surface area contributed by atoms with Crippen molar-refractivity contribution in [2.24, 2.45) is 11.7 Å². The molecule has 4 heteroatoms. The second kappa shape index (κ2) is 10.4. The first-order valence-corrected chi connectivity index (χ1v) is 10.9. The number of nitrogens with two attached hydrogens (primary N) is 1. The van der Waals surface area contributed by atoms with E-state index in [9.17, 15) is 9.90 Å². The Morgan fingerprint density at radius 1 is 1.28 bits per heavy atom. The highest BCUT2D eigenvalue weighted by atomic mass is 32.1. The fourth-order valence-electron chi connectivity index (χ4n) is 3.72. The van der Waals surface area contributed by atoms with Crippen LogP contribution in [0.25, 0.3) is 0 Å². The molecule has 1 aliphatic rings. The van der Waals surface area contributed by atoms with Gasteiger partial charge in [-0.1, -0.05) is 51.9 Å². The normalized spacial score (nSPS) is 18.2. The molecule has 0 radical (unpaired) electrons. The lowest BCUT2D eigenvalue weighted by Gasteiger charge is -2.25. The number of Topliss-reactive ketones (excluding diaryl/α,β-unsaturated/α-hetero) is 1. The summed E-state index contributed by atoms with van der Waals surface area (Å²) in [5, 5.41) is 9.40. The molecule has 0 amide bonds. The van der Waals surface area contributed by atoms with Gasteiger partial charge in [-0.15, -0.1) is 11.3 Å². The number of aliphatic hydroxyl groups excluding tert-OH is 1. The third-order valence-electron chi connectivity index (χ3n) is 5.82. The Morgan fingerprint density at radius 2 is 2.04 bits per heavy atom. The number of aliphatic hydroxyl groups is 1. The maximum Gasteiger partial charge on any atom is 0.172 e. The number of carbonyl (C=O) groups is 1. The van der Waals surface area contributed by atoms with Crippen LogP contribution in [0, 0.1) is 5.92 Å². The molecule has 25 heavy (non-hydrogen) atoms. The maximum atomic E-state index is 12.4. The minimum absolute atomic E-state index is 0.0155. The van der Waals surface area contributed by atoms with Crippen molar-refractivity contribution in [3.05, 3.63) is 21.9 Å². The molecule has 1 aromatic heterocycles. The first kappa shape index (κ1) is 20.6. The minimum atomic E-state index is -0.493. The Kier molecular flexibility index (Phi) is 8.60. The van der Waals surface area contributed by atoms with Crippen LogP contribution in [0.5, 0.6) is 0 Å². The van der Waals surface area contributed by atoms with Gasteiger partial charge in [0.2, 0.25) is 0 Å². The average molecular weight is 366 g/mol. The standard InChI is InChI=1S/C21H35NO2S/c1-2-21(22,16-23)15-14-18-12-13-20(25-18)19(24)11-7-6-10-17-8-4-3-5-9-17/h12-13,17,23H,2-11,14-16,22H2,1H3. The summed E-state index contributed by atoms with van der Waals surface area (Å²) in [6.07, 6.45) is 13.6. The van der Waals surface area contributed by atoms with E-state index < -0.39 is 5.54 Å². The Bertz CT molecular complexity index is 516. The number of carbonyl (C=O) groups excluding carboxylic acids is 1. The molecule has 1 unspecified atom stereocenters. The van der Waals surface area contributed by atoms with E-state index in [-0.39, 0.29) is 12.4 Å². The minimum Gasteiger partial charge on any atom is -0.394 e. The van der Waals surface area contributed by atoms with Crippen molar-refractivity contribution in [3.63, 3.8) is 0 Å². The predicted molar refractivity (Wildman–Crippen MR) is 106 cm³/mol. The molecular formula is C21H35NO2S. The lowest BCUT2D eigenvalue weighted by atomic mass is 9.85. The summed E-state index contributed by atoms with van der Waals surface area (Å²) in [7, 11) is 0. The smallest absolute Gasteiger partial charge is 0.172 e.